The normalized spacial score (nSPS) is 17.4. The molecule has 1 fully saturated rings. The van der Waals surface area contributed by atoms with Crippen LogP contribution >= 0.6 is 0 Å². The lowest BCUT2D eigenvalue weighted by molar-refractivity contribution is -0.384. The maximum Gasteiger partial charge on any atom is 0.293 e. The van der Waals surface area contributed by atoms with Gasteiger partial charge in [0.05, 0.1) is 9.82 Å². The molecule has 1 aromatic rings. The van der Waals surface area contributed by atoms with Gasteiger partial charge in [-0.15, -0.1) is 0 Å². The first kappa shape index (κ1) is 24.6. The molecule has 1 aromatic carbocycles. The number of amides is 2. The highest BCUT2D eigenvalue weighted by atomic mass is 32.2. The fraction of sp³-hybridized carbons (Fsp3) is 0.550. The van der Waals surface area contributed by atoms with Gasteiger partial charge < -0.3 is 9.80 Å². The predicted octanol–water partition coefficient (Wildman–Crippen LogP) is 0.882. The summed E-state index contributed by atoms with van der Waals surface area (Å²) in [7, 11) is -2.32. The first-order valence-corrected chi connectivity index (χ1v) is 12.2. The molecule has 0 radical (unpaired) electrons. The van der Waals surface area contributed by atoms with Gasteiger partial charge in [-0.05, 0) is 12.1 Å². The van der Waals surface area contributed by atoms with Gasteiger partial charge in [-0.3, -0.25) is 19.7 Å². The molecule has 3 rings (SSSR count). The van der Waals surface area contributed by atoms with Gasteiger partial charge in [-0.2, -0.15) is 9.41 Å². The number of piperazine rings is 1. The minimum absolute atomic E-state index is 0.121. The van der Waals surface area contributed by atoms with Crippen LogP contribution < -0.4 is 4.90 Å². The Kier molecular flexibility index (Phi) is 7.32. The zero-order chi connectivity index (χ0) is 24.3. The second-order valence-electron chi connectivity index (χ2n) is 7.74. The number of carbonyl (C=O) groups is 2. The summed E-state index contributed by atoms with van der Waals surface area (Å²) in [6.07, 6.45) is 0.520. The smallest absolute Gasteiger partial charge is 0.293 e. The number of nitrogens with zero attached hydrogens (tertiary/aromatic N) is 6. The van der Waals surface area contributed by atoms with Gasteiger partial charge in [0.15, 0.2) is 0 Å². The van der Waals surface area contributed by atoms with Crippen LogP contribution in [0, 0.1) is 10.1 Å². The summed E-state index contributed by atoms with van der Waals surface area (Å²) < 4.78 is 26.8. The van der Waals surface area contributed by atoms with Crippen LogP contribution in [0.3, 0.4) is 0 Å². The summed E-state index contributed by atoms with van der Waals surface area (Å²) in [5, 5.41) is 17.0. The van der Waals surface area contributed by atoms with Crippen molar-refractivity contribution in [3.8, 4) is 0 Å². The molecule has 1 saturated heterocycles. The summed E-state index contributed by atoms with van der Waals surface area (Å²) >= 11 is 0. The fourth-order valence-corrected chi connectivity index (χ4v) is 5.43. The number of nitro benzene ring substituents is 1. The highest BCUT2D eigenvalue weighted by molar-refractivity contribution is 7.89. The van der Waals surface area contributed by atoms with Crippen molar-refractivity contribution in [1.29, 1.82) is 0 Å². The van der Waals surface area contributed by atoms with Crippen molar-refractivity contribution in [2.24, 2.45) is 5.10 Å². The van der Waals surface area contributed by atoms with Crippen LogP contribution in [-0.4, -0.2) is 91.4 Å². The highest BCUT2D eigenvalue weighted by Gasteiger charge is 2.31. The number of sulfonamides is 1. The molecule has 0 unspecified atom stereocenters. The molecule has 2 amide bonds. The third-order valence-electron chi connectivity index (χ3n) is 5.85. The van der Waals surface area contributed by atoms with Crippen molar-refractivity contribution in [3.05, 3.63) is 28.3 Å². The lowest BCUT2D eigenvalue weighted by Gasteiger charge is -2.36. The Morgan fingerprint density at radius 3 is 2.33 bits per heavy atom. The van der Waals surface area contributed by atoms with E-state index in [4.69, 9.17) is 0 Å². The number of nitro groups is 1. The Morgan fingerprint density at radius 2 is 1.79 bits per heavy atom. The second-order valence-corrected chi connectivity index (χ2v) is 9.68. The molecule has 12 nitrogen and oxygen atoms in total. The van der Waals surface area contributed by atoms with Crippen molar-refractivity contribution in [2.75, 3.05) is 51.2 Å². The fourth-order valence-electron chi connectivity index (χ4n) is 3.95. The van der Waals surface area contributed by atoms with Crippen molar-refractivity contribution in [1.82, 2.24) is 14.2 Å². The molecule has 180 valence electrons. The number of hydrogen-bond acceptors (Lipinski definition) is 8. The van der Waals surface area contributed by atoms with Crippen molar-refractivity contribution < 1.29 is 22.9 Å². The average molecular weight is 481 g/mol. The predicted molar refractivity (Wildman–Crippen MR) is 121 cm³/mol. The molecule has 0 saturated carbocycles. The van der Waals surface area contributed by atoms with E-state index in [1.165, 1.54) is 28.5 Å². The Labute approximate surface area is 192 Å². The number of rotatable bonds is 7. The van der Waals surface area contributed by atoms with Gasteiger partial charge in [0, 0.05) is 65.2 Å². The van der Waals surface area contributed by atoms with E-state index in [9.17, 15) is 28.1 Å². The summed E-state index contributed by atoms with van der Waals surface area (Å²) in [6, 6.07) is 3.94. The van der Waals surface area contributed by atoms with Crippen LogP contribution in [0.15, 0.2) is 28.2 Å². The molecule has 0 aliphatic carbocycles. The monoisotopic (exact) mass is 480 g/mol. The first-order chi connectivity index (χ1) is 15.6. The molecule has 2 heterocycles. The van der Waals surface area contributed by atoms with Gasteiger partial charge in [0.1, 0.15) is 11.4 Å². The Balaban J connectivity index is 1.77. The van der Waals surface area contributed by atoms with Crippen LogP contribution in [0.25, 0.3) is 0 Å². The van der Waals surface area contributed by atoms with Gasteiger partial charge in [-0.1, -0.05) is 13.8 Å². The second kappa shape index (κ2) is 9.83. The van der Waals surface area contributed by atoms with Crippen LogP contribution in [0.1, 0.15) is 26.7 Å². The molecule has 2 aliphatic heterocycles. The van der Waals surface area contributed by atoms with Crippen molar-refractivity contribution in [2.45, 2.75) is 31.6 Å². The maximum absolute atomic E-state index is 12.8. The topological polar surface area (TPSA) is 137 Å². The molecule has 0 aromatic heterocycles. The van der Waals surface area contributed by atoms with E-state index in [1.807, 2.05) is 0 Å². The maximum atomic E-state index is 12.8. The molecule has 13 heteroatoms. The minimum Gasteiger partial charge on any atom is -0.362 e. The van der Waals surface area contributed by atoms with Gasteiger partial charge in [-0.25, -0.2) is 13.4 Å². The lowest BCUT2D eigenvalue weighted by Crippen LogP contribution is -2.51. The van der Waals surface area contributed by atoms with Crippen molar-refractivity contribution >= 4 is 38.9 Å². The SMILES string of the molecule is CCN(CC)S(=O)(=O)c1ccc(N2CCN(C(=O)C3=NN(C)C(=O)CC3)CC2)c([N+](=O)[O-])c1. The summed E-state index contributed by atoms with van der Waals surface area (Å²) in [5.41, 5.74) is 0.341. The van der Waals surface area contributed by atoms with E-state index >= 15 is 0 Å². The van der Waals surface area contributed by atoms with Crippen LogP contribution in [0.2, 0.25) is 0 Å². The molecular weight excluding hydrogens is 452 g/mol. The Bertz CT molecular complexity index is 1080. The summed E-state index contributed by atoms with van der Waals surface area (Å²) in [6.45, 7) is 5.28. The number of benzene rings is 1. The highest BCUT2D eigenvalue weighted by Crippen LogP contribution is 2.32. The number of hydrogen-bond donors (Lipinski definition) is 0. The Hall–Kier alpha value is -3.06. The van der Waals surface area contributed by atoms with Crippen LogP contribution in [-0.2, 0) is 19.6 Å². The van der Waals surface area contributed by atoms with Crippen LogP contribution in [0.4, 0.5) is 11.4 Å². The zero-order valence-electron chi connectivity index (χ0n) is 18.9. The largest absolute Gasteiger partial charge is 0.362 e. The third-order valence-corrected chi connectivity index (χ3v) is 7.89. The van der Waals surface area contributed by atoms with Crippen LogP contribution in [0.5, 0.6) is 0 Å². The lowest BCUT2D eigenvalue weighted by atomic mass is 10.1. The molecule has 33 heavy (non-hydrogen) atoms. The summed E-state index contributed by atoms with van der Waals surface area (Å²) in [5.74, 6) is -0.390. The Morgan fingerprint density at radius 1 is 1.15 bits per heavy atom. The van der Waals surface area contributed by atoms with Crippen molar-refractivity contribution in [3.63, 3.8) is 0 Å². The summed E-state index contributed by atoms with van der Waals surface area (Å²) in [4.78, 5) is 38.8. The molecule has 0 N–H and O–H groups in total. The molecule has 0 bridgehead atoms. The number of carbonyl (C=O) groups excluding carboxylic acids is 2. The number of hydrazone groups is 1. The minimum atomic E-state index is -3.83. The molecule has 0 spiro atoms. The average Bonchev–Trinajstić information content (AvgIpc) is 2.80. The van der Waals surface area contributed by atoms with Gasteiger partial charge >= 0.3 is 0 Å². The first-order valence-electron chi connectivity index (χ1n) is 10.8. The third kappa shape index (κ3) is 4.98. The number of anilines is 1. The van der Waals surface area contributed by atoms with E-state index in [1.54, 1.807) is 23.6 Å². The van der Waals surface area contributed by atoms with E-state index in [-0.39, 0.29) is 48.3 Å². The van der Waals surface area contributed by atoms with E-state index in [0.29, 0.717) is 37.6 Å². The van der Waals surface area contributed by atoms with Gasteiger partial charge in [0.2, 0.25) is 15.9 Å². The van der Waals surface area contributed by atoms with E-state index < -0.39 is 14.9 Å². The quantitative estimate of drug-likeness (QED) is 0.417. The molecule has 0 atom stereocenters. The van der Waals surface area contributed by atoms with E-state index in [2.05, 4.69) is 5.10 Å². The standard InChI is InChI=1S/C20H28N6O6S/c1-4-25(5-2)33(31,32)15-6-8-17(18(14-15)26(29)30)23-10-12-24(13-11-23)20(28)16-7-9-19(27)22(3)21-16/h6,8,14H,4-5,7,9-13H2,1-3H3. The van der Waals surface area contributed by atoms with Gasteiger partial charge in [0.25, 0.3) is 11.6 Å². The molecular formula is C20H28N6O6S. The van der Waals surface area contributed by atoms with E-state index in [0.717, 1.165) is 6.07 Å². The molecule has 2 aliphatic rings. The zero-order valence-corrected chi connectivity index (χ0v) is 19.7.